The van der Waals surface area contributed by atoms with Gasteiger partial charge in [-0.05, 0) is 34.9 Å². The highest BCUT2D eigenvalue weighted by molar-refractivity contribution is 7.90. The zero-order valence-corrected chi connectivity index (χ0v) is 15.0. The molecule has 3 aromatic rings. The minimum Gasteiger partial charge on any atom is -0.497 e. The zero-order valence-electron chi connectivity index (χ0n) is 14.2. The Balaban J connectivity index is 2.38. The molecule has 0 spiro atoms. The summed E-state index contributed by atoms with van der Waals surface area (Å²) in [5, 5.41) is 0. The number of benzene rings is 3. The summed E-state index contributed by atoms with van der Waals surface area (Å²) >= 11 is 0. The Morgan fingerprint density at radius 1 is 0.885 bits per heavy atom. The third-order valence-corrected chi connectivity index (χ3v) is 5.13. The van der Waals surface area contributed by atoms with Crippen LogP contribution in [0.25, 0.3) is 22.3 Å². The van der Waals surface area contributed by atoms with Crippen LogP contribution in [0.15, 0.2) is 65.6 Å². The molecule has 0 saturated heterocycles. The van der Waals surface area contributed by atoms with E-state index in [2.05, 4.69) is 0 Å². The van der Waals surface area contributed by atoms with Gasteiger partial charge in [-0.15, -0.1) is 0 Å². The molecule has 0 bridgehead atoms. The van der Waals surface area contributed by atoms with Gasteiger partial charge in [0, 0.05) is 11.8 Å². The minimum absolute atomic E-state index is 0.0284. The molecule has 0 amide bonds. The minimum atomic E-state index is -4.08. The topological polar surface area (TPSA) is 43.4 Å². The Hall–Kier alpha value is -2.73. The van der Waals surface area contributed by atoms with E-state index in [1.807, 2.05) is 0 Å². The van der Waals surface area contributed by atoms with E-state index in [4.69, 9.17) is 4.74 Å². The first kappa shape index (κ1) is 18.1. The van der Waals surface area contributed by atoms with Gasteiger partial charge in [0.2, 0.25) is 0 Å². The lowest BCUT2D eigenvalue weighted by atomic mass is 9.94. The number of rotatable bonds is 4. The first-order chi connectivity index (χ1) is 12.3. The number of hydrogen-bond acceptors (Lipinski definition) is 3. The second-order valence-electron chi connectivity index (χ2n) is 5.79. The van der Waals surface area contributed by atoms with Gasteiger partial charge in [-0.1, -0.05) is 42.5 Å². The summed E-state index contributed by atoms with van der Waals surface area (Å²) in [4.78, 5) is -0.928. The molecule has 0 N–H and O–H groups in total. The molecule has 3 aromatic carbocycles. The summed E-state index contributed by atoms with van der Waals surface area (Å²) in [5.41, 5.74) is 1.31. The van der Waals surface area contributed by atoms with Crippen molar-refractivity contribution in [2.24, 2.45) is 0 Å². The fourth-order valence-corrected chi connectivity index (χ4v) is 3.67. The number of ether oxygens (including phenoxy) is 1. The van der Waals surface area contributed by atoms with Gasteiger partial charge in [0.15, 0.2) is 15.7 Å². The van der Waals surface area contributed by atoms with Gasteiger partial charge in [0.1, 0.15) is 16.5 Å². The van der Waals surface area contributed by atoms with Crippen molar-refractivity contribution < 1.29 is 21.9 Å². The maximum absolute atomic E-state index is 15.2. The predicted molar refractivity (Wildman–Crippen MR) is 96.9 cm³/mol. The maximum Gasteiger partial charge on any atom is 0.181 e. The maximum atomic E-state index is 15.2. The second kappa shape index (κ2) is 6.88. The van der Waals surface area contributed by atoms with Gasteiger partial charge in [0.05, 0.1) is 7.11 Å². The molecule has 6 heteroatoms. The van der Waals surface area contributed by atoms with Crippen LogP contribution in [0.2, 0.25) is 0 Å². The highest BCUT2D eigenvalue weighted by atomic mass is 32.2. The van der Waals surface area contributed by atoms with Gasteiger partial charge in [-0.2, -0.15) is 0 Å². The number of methoxy groups -OCH3 is 1. The van der Waals surface area contributed by atoms with Crippen LogP contribution in [0.5, 0.6) is 5.75 Å². The Kier molecular flexibility index (Phi) is 4.78. The van der Waals surface area contributed by atoms with Crippen LogP contribution < -0.4 is 4.74 Å². The molecule has 0 aromatic heterocycles. The van der Waals surface area contributed by atoms with E-state index in [1.165, 1.54) is 7.11 Å². The lowest BCUT2D eigenvalue weighted by Crippen LogP contribution is -2.07. The zero-order chi connectivity index (χ0) is 18.9. The van der Waals surface area contributed by atoms with Gasteiger partial charge in [-0.3, -0.25) is 0 Å². The standard InChI is InChI=1S/C20H16F2O3S/c1-25-15-10-8-14(9-11-15)18-16(13-6-4-3-5-7-13)12-17(21)20(19(18)22)26(2,23)24/h3-12H,1-2H3. The van der Waals surface area contributed by atoms with E-state index in [9.17, 15) is 12.8 Å². The Morgan fingerprint density at radius 3 is 2.04 bits per heavy atom. The molecule has 0 aliphatic rings. The van der Waals surface area contributed by atoms with Crippen LogP contribution in [0.4, 0.5) is 8.78 Å². The van der Waals surface area contributed by atoms with E-state index >= 15 is 4.39 Å². The monoisotopic (exact) mass is 374 g/mol. The Morgan fingerprint density at radius 2 is 1.50 bits per heavy atom. The highest BCUT2D eigenvalue weighted by Crippen LogP contribution is 2.39. The third-order valence-electron chi connectivity index (χ3n) is 4.01. The van der Waals surface area contributed by atoms with E-state index in [1.54, 1.807) is 54.6 Å². The quantitative estimate of drug-likeness (QED) is 0.664. The molecule has 134 valence electrons. The van der Waals surface area contributed by atoms with Crippen molar-refractivity contribution in [3.63, 3.8) is 0 Å². The average Bonchev–Trinajstić information content (AvgIpc) is 2.61. The molecule has 3 rings (SSSR count). The van der Waals surface area contributed by atoms with Crippen molar-refractivity contribution >= 4 is 9.84 Å². The summed E-state index contributed by atoms with van der Waals surface area (Å²) in [5.74, 6) is -1.64. The van der Waals surface area contributed by atoms with E-state index in [0.29, 0.717) is 16.9 Å². The van der Waals surface area contributed by atoms with Crippen molar-refractivity contribution in [3.05, 3.63) is 72.3 Å². The summed E-state index contributed by atoms with van der Waals surface area (Å²) in [6.45, 7) is 0. The molecular formula is C20H16F2O3S. The molecule has 0 radical (unpaired) electrons. The third kappa shape index (κ3) is 3.32. The summed E-state index contributed by atoms with van der Waals surface area (Å²) in [6, 6.07) is 16.2. The van der Waals surface area contributed by atoms with Gasteiger partial charge < -0.3 is 4.74 Å². The van der Waals surface area contributed by atoms with Gasteiger partial charge in [0.25, 0.3) is 0 Å². The molecule has 0 heterocycles. The van der Waals surface area contributed by atoms with Gasteiger partial charge in [-0.25, -0.2) is 17.2 Å². The molecule has 3 nitrogen and oxygen atoms in total. The normalized spacial score (nSPS) is 11.4. The van der Waals surface area contributed by atoms with Crippen molar-refractivity contribution in [2.75, 3.05) is 13.4 Å². The molecular weight excluding hydrogens is 358 g/mol. The van der Waals surface area contributed by atoms with Crippen molar-refractivity contribution in [1.82, 2.24) is 0 Å². The van der Waals surface area contributed by atoms with Crippen LogP contribution in [-0.4, -0.2) is 21.8 Å². The summed E-state index contributed by atoms with van der Waals surface area (Å²) in [6.07, 6.45) is 0.786. The number of hydrogen-bond donors (Lipinski definition) is 0. The van der Waals surface area contributed by atoms with Crippen LogP contribution in [-0.2, 0) is 9.84 Å². The average molecular weight is 374 g/mol. The van der Waals surface area contributed by atoms with Crippen molar-refractivity contribution in [1.29, 1.82) is 0 Å². The van der Waals surface area contributed by atoms with Crippen molar-refractivity contribution in [3.8, 4) is 28.0 Å². The molecule has 0 saturated carbocycles. The van der Waals surface area contributed by atoms with Crippen LogP contribution in [0.1, 0.15) is 0 Å². The highest BCUT2D eigenvalue weighted by Gasteiger charge is 2.26. The summed E-state index contributed by atoms with van der Waals surface area (Å²) < 4.78 is 58.6. The van der Waals surface area contributed by atoms with Crippen LogP contribution in [0, 0.1) is 11.6 Å². The number of sulfone groups is 1. The fraction of sp³-hybridized carbons (Fsp3) is 0.100. The molecule has 0 aliphatic heterocycles. The smallest absolute Gasteiger partial charge is 0.181 e. The predicted octanol–water partition coefficient (Wildman–Crippen LogP) is 4.71. The van der Waals surface area contributed by atoms with Crippen molar-refractivity contribution in [2.45, 2.75) is 4.90 Å². The van der Waals surface area contributed by atoms with Crippen LogP contribution >= 0.6 is 0 Å². The second-order valence-corrected chi connectivity index (χ2v) is 7.74. The summed E-state index contributed by atoms with van der Waals surface area (Å²) in [7, 11) is -2.58. The number of halogens is 2. The molecule has 0 fully saturated rings. The first-order valence-corrected chi connectivity index (χ1v) is 9.64. The molecule has 0 atom stereocenters. The lowest BCUT2D eigenvalue weighted by Gasteiger charge is -2.15. The lowest BCUT2D eigenvalue weighted by molar-refractivity contribution is 0.415. The van der Waals surface area contributed by atoms with E-state index in [0.717, 1.165) is 12.3 Å². The molecule has 0 aliphatic carbocycles. The van der Waals surface area contributed by atoms with E-state index in [-0.39, 0.29) is 11.1 Å². The first-order valence-electron chi connectivity index (χ1n) is 7.75. The fourth-order valence-electron chi connectivity index (χ4n) is 2.83. The van der Waals surface area contributed by atoms with Gasteiger partial charge >= 0.3 is 0 Å². The molecule has 0 unspecified atom stereocenters. The van der Waals surface area contributed by atoms with E-state index < -0.39 is 26.4 Å². The van der Waals surface area contributed by atoms with Crippen LogP contribution in [0.3, 0.4) is 0 Å². The molecule has 26 heavy (non-hydrogen) atoms. The SMILES string of the molecule is COc1ccc(-c2c(-c3ccccc3)cc(F)c(S(C)(=O)=O)c2F)cc1. The Bertz CT molecular complexity index is 1040. The largest absolute Gasteiger partial charge is 0.497 e. The Labute approximate surface area is 150 Å².